The van der Waals surface area contributed by atoms with Crippen molar-refractivity contribution in [2.24, 2.45) is 0 Å². The first-order valence-corrected chi connectivity index (χ1v) is 3.69. The van der Waals surface area contributed by atoms with Crippen molar-refractivity contribution in [1.82, 2.24) is 9.97 Å². The van der Waals surface area contributed by atoms with Gasteiger partial charge in [0.1, 0.15) is 0 Å². The Morgan fingerprint density at radius 1 is 1.08 bits per heavy atom. The van der Waals surface area contributed by atoms with E-state index in [2.05, 4.69) is 9.97 Å². The van der Waals surface area contributed by atoms with Crippen LogP contribution in [0, 0.1) is 0 Å². The zero-order chi connectivity index (χ0) is 8.55. The van der Waals surface area contributed by atoms with Crippen LogP contribution in [0.3, 0.4) is 0 Å². The number of aromatic nitrogens is 2. The van der Waals surface area contributed by atoms with Gasteiger partial charge in [0.25, 0.3) is 0 Å². The Kier molecular flexibility index (Phi) is 1.58. The molecule has 5 heteroatoms. The highest BCUT2D eigenvalue weighted by atomic mass is 16.5. The van der Waals surface area contributed by atoms with E-state index in [1.54, 1.807) is 0 Å². The van der Waals surface area contributed by atoms with E-state index in [0.29, 0.717) is 25.3 Å². The molecule has 0 bridgehead atoms. The number of rotatable bonds is 0. The van der Waals surface area contributed by atoms with Crippen LogP contribution >= 0.6 is 0 Å². The average Bonchev–Trinajstić information content (AvgIpc) is 2.07. The van der Waals surface area contributed by atoms with Crippen LogP contribution in [0.25, 0.3) is 0 Å². The lowest BCUT2D eigenvalue weighted by atomic mass is 10.2. The molecule has 1 aliphatic heterocycles. The van der Waals surface area contributed by atoms with Gasteiger partial charge in [-0.2, -0.15) is 0 Å². The maximum atomic E-state index is 10.9. The summed E-state index contributed by atoms with van der Waals surface area (Å²) in [7, 11) is 0. The van der Waals surface area contributed by atoms with Gasteiger partial charge in [0.05, 0.1) is 18.9 Å². The molecule has 0 spiro atoms. The van der Waals surface area contributed by atoms with Crippen molar-refractivity contribution in [3.63, 3.8) is 0 Å². The minimum absolute atomic E-state index is 0.376. The summed E-state index contributed by atoms with van der Waals surface area (Å²) in [5, 5.41) is 0. The molecule has 0 saturated heterocycles. The Balaban J connectivity index is 2.64. The van der Waals surface area contributed by atoms with Gasteiger partial charge in [-0.3, -0.25) is 9.59 Å². The van der Waals surface area contributed by atoms with Gasteiger partial charge < -0.3 is 14.7 Å². The maximum absolute atomic E-state index is 10.9. The molecule has 0 unspecified atom stereocenters. The van der Waals surface area contributed by atoms with Crippen LogP contribution in [0.4, 0.5) is 0 Å². The van der Waals surface area contributed by atoms with Gasteiger partial charge in [-0.25, -0.2) is 0 Å². The number of aromatic amines is 2. The summed E-state index contributed by atoms with van der Waals surface area (Å²) < 4.78 is 5.10. The summed E-state index contributed by atoms with van der Waals surface area (Å²) in [4.78, 5) is 26.7. The van der Waals surface area contributed by atoms with Crippen LogP contribution in [0.5, 0.6) is 0 Å². The van der Waals surface area contributed by atoms with Gasteiger partial charge >= 0.3 is 11.1 Å². The fourth-order valence-electron chi connectivity index (χ4n) is 1.22. The predicted molar refractivity (Wildman–Crippen MR) is 41.0 cm³/mol. The highest BCUT2D eigenvalue weighted by Gasteiger charge is 2.11. The Bertz CT molecular complexity index is 365. The average molecular weight is 168 g/mol. The van der Waals surface area contributed by atoms with E-state index < -0.39 is 11.1 Å². The van der Waals surface area contributed by atoms with Crippen LogP contribution in [-0.4, -0.2) is 16.6 Å². The van der Waals surface area contributed by atoms with E-state index in [9.17, 15) is 9.59 Å². The van der Waals surface area contributed by atoms with Crippen molar-refractivity contribution in [3.05, 3.63) is 32.1 Å². The van der Waals surface area contributed by atoms with Gasteiger partial charge in [0.15, 0.2) is 0 Å². The fourth-order valence-corrected chi connectivity index (χ4v) is 1.22. The standard InChI is InChI=1S/C7H8N2O3/c10-6-7(11)9-5-3-12-2-1-4(5)8-6/h1-3H2,(H,8,10)(H,9,11). The molecule has 0 atom stereocenters. The molecule has 0 fully saturated rings. The molecule has 0 saturated carbocycles. The third-order valence-electron chi connectivity index (χ3n) is 1.84. The SMILES string of the molecule is O=c1[nH]c2c([nH]c1=O)COCC2. The molecule has 64 valence electrons. The van der Waals surface area contributed by atoms with Crippen molar-refractivity contribution in [2.45, 2.75) is 13.0 Å². The molecule has 1 aliphatic rings. The minimum atomic E-state index is -0.612. The van der Waals surface area contributed by atoms with Gasteiger partial charge in [0.2, 0.25) is 0 Å². The number of ether oxygens (including phenoxy) is 1. The van der Waals surface area contributed by atoms with Crippen LogP contribution in [0.15, 0.2) is 9.59 Å². The largest absolute Gasteiger partial charge is 0.375 e. The van der Waals surface area contributed by atoms with E-state index >= 15 is 0 Å². The Morgan fingerprint density at radius 3 is 2.50 bits per heavy atom. The fraction of sp³-hybridized carbons (Fsp3) is 0.429. The van der Waals surface area contributed by atoms with Crippen molar-refractivity contribution < 1.29 is 4.74 Å². The molecule has 1 aromatic heterocycles. The highest BCUT2D eigenvalue weighted by molar-refractivity contribution is 5.11. The second-order valence-electron chi connectivity index (χ2n) is 2.67. The summed E-state index contributed by atoms with van der Waals surface area (Å²) >= 11 is 0. The van der Waals surface area contributed by atoms with E-state index in [1.807, 2.05) is 0 Å². The Labute approximate surface area is 67.4 Å². The van der Waals surface area contributed by atoms with E-state index in [1.165, 1.54) is 0 Å². The molecule has 1 aromatic rings. The summed E-state index contributed by atoms with van der Waals surface area (Å²) in [6, 6.07) is 0. The lowest BCUT2D eigenvalue weighted by molar-refractivity contribution is 0.105. The molecule has 2 N–H and O–H groups in total. The van der Waals surface area contributed by atoms with Crippen LogP contribution in [0.2, 0.25) is 0 Å². The summed E-state index contributed by atoms with van der Waals surface area (Å²) in [5.74, 6) is 0. The molecule has 5 nitrogen and oxygen atoms in total. The summed E-state index contributed by atoms with van der Waals surface area (Å²) in [5.41, 5.74) is 0.270. The molecule has 0 aromatic carbocycles. The number of hydrogen-bond acceptors (Lipinski definition) is 3. The van der Waals surface area contributed by atoms with Gasteiger partial charge in [-0.15, -0.1) is 0 Å². The van der Waals surface area contributed by atoms with Crippen molar-refractivity contribution in [2.75, 3.05) is 6.61 Å². The molecule has 0 amide bonds. The minimum Gasteiger partial charge on any atom is -0.375 e. The van der Waals surface area contributed by atoms with E-state index in [-0.39, 0.29) is 0 Å². The lowest BCUT2D eigenvalue weighted by Gasteiger charge is -2.14. The number of hydrogen-bond donors (Lipinski definition) is 2. The number of fused-ring (bicyclic) bond motifs is 1. The Morgan fingerprint density at radius 2 is 1.75 bits per heavy atom. The van der Waals surface area contributed by atoms with Crippen molar-refractivity contribution in [3.8, 4) is 0 Å². The topological polar surface area (TPSA) is 75.0 Å². The normalized spacial score (nSPS) is 15.7. The molecule has 0 radical (unpaired) electrons. The third-order valence-corrected chi connectivity index (χ3v) is 1.84. The first-order valence-electron chi connectivity index (χ1n) is 3.69. The number of H-pyrrole nitrogens is 2. The van der Waals surface area contributed by atoms with Gasteiger partial charge in [0, 0.05) is 12.1 Å². The molecule has 12 heavy (non-hydrogen) atoms. The molecule has 0 aliphatic carbocycles. The Hall–Kier alpha value is -1.36. The van der Waals surface area contributed by atoms with E-state index in [0.717, 1.165) is 5.69 Å². The van der Waals surface area contributed by atoms with E-state index in [4.69, 9.17) is 4.74 Å². The monoisotopic (exact) mass is 168 g/mol. The first kappa shape index (κ1) is 7.30. The van der Waals surface area contributed by atoms with Crippen LogP contribution in [-0.2, 0) is 17.8 Å². The zero-order valence-corrected chi connectivity index (χ0v) is 6.35. The predicted octanol–water partition coefficient (Wildman–Crippen LogP) is -0.864. The lowest BCUT2D eigenvalue weighted by Crippen LogP contribution is -2.34. The first-order chi connectivity index (χ1) is 5.77. The molecular formula is C7H8N2O3. The molecule has 2 heterocycles. The second kappa shape index (κ2) is 2.60. The zero-order valence-electron chi connectivity index (χ0n) is 6.35. The van der Waals surface area contributed by atoms with Crippen molar-refractivity contribution >= 4 is 0 Å². The third kappa shape index (κ3) is 1.08. The quantitative estimate of drug-likeness (QED) is 0.495. The number of nitrogens with one attached hydrogen (secondary N) is 2. The van der Waals surface area contributed by atoms with Crippen LogP contribution < -0.4 is 11.1 Å². The summed E-state index contributed by atoms with van der Waals surface area (Å²) in [6.07, 6.45) is 0.654. The maximum Gasteiger partial charge on any atom is 0.313 e. The second-order valence-corrected chi connectivity index (χ2v) is 2.67. The molecular weight excluding hydrogens is 160 g/mol. The van der Waals surface area contributed by atoms with Gasteiger partial charge in [-0.1, -0.05) is 0 Å². The van der Waals surface area contributed by atoms with Crippen LogP contribution in [0.1, 0.15) is 11.4 Å². The smallest absolute Gasteiger partial charge is 0.313 e. The summed E-state index contributed by atoms with van der Waals surface area (Å²) in [6.45, 7) is 0.969. The van der Waals surface area contributed by atoms with Gasteiger partial charge in [-0.05, 0) is 0 Å². The molecule has 2 rings (SSSR count). The van der Waals surface area contributed by atoms with Crippen molar-refractivity contribution in [1.29, 1.82) is 0 Å². The highest BCUT2D eigenvalue weighted by Crippen LogP contribution is 2.07.